The molecule has 2 aromatic rings. The van der Waals surface area contributed by atoms with Crippen molar-refractivity contribution in [1.29, 1.82) is 0 Å². The first-order valence-corrected chi connectivity index (χ1v) is 6.67. The molecule has 4 nitrogen and oxygen atoms in total. The Labute approximate surface area is 115 Å². The van der Waals surface area contributed by atoms with E-state index in [1.54, 1.807) is 30.2 Å². The standard InChI is InChI=1S/C14H14O4S/c1-9-13(5-6-18-9)19-8-10-3-4-12(17-2)11(7-10)14(15)16/h3-7H,8H2,1-2H3,(H,15,16). The summed E-state index contributed by atoms with van der Waals surface area (Å²) in [5.41, 5.74) is 1.12. The number of carbonyl (C=O) groups is 1. The van der Waals surface area contributed by atoms with Crippen molar-refractivity contribution >= 4 is 17.7 Å². The Kier molecular flexibility index (Phi) is 4.16. The van der Waals surface area contributed by atoms with Crippen LogP contribution in [0.25, 0.3) is 0 Å². The molecule has 0 atom stereocenters. The van der Waals surface area contributed by atoms with Gasteiger partial charge in [0.05, 0.1) is 13.4 Å². The molecule has 2 rings (SSSR count). The van der Waals surface area contributed by atoms with Crippen molar-refractivity contribution in [3.63, 3.8) is 0 Å². The summed E-state index contributed by atoms with van der Waals surface area (Å²) >= 11 is 1.61. The number of thioether (sulfide) groups is 1. The zero-order chi connectivity index (χ0) is 13.8. The van der Waals surface area contributed by atoms with Gasteiger partial charge in [0.1, 0.15) is 17.1 Å². The van der Waals surface area contributed by atoms with Gasteiger partial charge in [-0.25, -0.2) is 4.79 Å². The second kappa shape index (κ2) is 5.84. The number of hydrogen-bond donors (Lipinski definition) is 1. The number of methoxy groups -OCH3 is 1. The first kappa shape index (κ1) is 13.5. The molecule has 0 saturated carbocycles. The van der Waals surface area contributed by atoms with E-state index in [2.05, 4.69) is 0 Å². The van der Waals surface area contributed by atoms with E-state index in [1.807, 2.05) is 19.1 Å². The minimum absolute atomic E-state index is 0.185. The lowest BCUT2D eigenvalue weighted by Gasteiger charge is -2.07. The van der Waals surface area contributed by atoms with Gasteiger partial charge in [-0.3, -0.25) is 0 Å². The largest absolute Gasteiger partial charge is 0.496 e. The maximum atomic E-state index is 11.1. The molecule has 0 unspecified atom stereocenters. The number of rotatable bonds is 5. The summed E-state index contributed by atoms with van der Waals surface area (Å²) < 4.78 is 10.2. The zero-order valence-electron chi connectivity index (χ0n) is 10.7. The molecule has 0 aliphatic rings. The topological polar surface area (TPSA) is 59.7 Å². The molecule has 0 saturated heterocycles. The quantitative estimate of drug-likeness (QED) is 0.847. The van der Waals surface area contributed by atoms with Crippen LogP contribution in [0.2, 0.25) is 0 Å². The van der Waals surface area contributed by atoms with Crippen molar-refractivity contribution in [1.82, 2.24) is 0 Å². The van der Waals surface area contributed by atoms with E-state index in [9.17, 15) is 4.79 Å². The molecule has 0 bridgehead atoms. The van der Waals surface area contributed by atoms with E-state index >= 15 is 0 Å². The molecule has 1 aromatic heterocycles. The van der Waals surface area contributed by atoms with E-state index < -0.39 is 5.97 Å². The summed E-state index contributed by atoms with van der Waals surface area (Å²) in [6, 6.07) is 7.10. The maximum absolute atomic E-state index is 11.1. The van der Waals surface area contributed by atoms with Gasteiger partial charge >= 0.3 is 5.97 Å². The third-order valence-electron chi connectivity index (χ3n) is 2.70. The van der Waals surface area contributed by atoms with Gasteiger partial charge in [-0.2, -0.15) is 0 Å². The number of aryl methyl sites for hydroxylation is 1. The fourth-order valence-electron chi connectivity index (χ4n) is 1.70. The first-order valence-electron chi connectivity index (χ1n) is 5.69. The number of aromatic carboxylic acids is 1. The van der Waals surface area contributed by atoms with E-state index in [4.69, 9.17) is 14.3 Å². The first-order chi connectivity index (χ1) is 9.11. The Hall–Kier alpha value is -1.88. The van der Waals surface area contributed by atoms with Crippen LogP contribution in [-0.2, 0) is 5.75 Å². The highest BCUT2D eigenvalue weighted by Crippen LogP contribution is 2.28. The van der Waals surface area contributed by atoms with Gasteiger partial charge in [-0.1, -0.05) is 6.07 Å². The molecule has 1 heterocycles. The van der Waals surface area contributed by atoms with Crippen LogP contribution in [0, 0.1) is 6.92 Å². The highest BCUT2D eigenvalue weighted by atomic mass is 32.2. The van der Waals surface area contributed by atoms with Gasteiger partial charge in [0, 0.05) is 10.6 Å². The molecule has 5 heteroatoms. The van der Waals surface area contributed by atoms with Gasteiger partial charge < -0.3 is 14.3 Å². The molecule has 0 aliphatic heterocycles. The minimum atomic E-state index is -0.983. The molecule has 0 radical (unpaired) electrons. The Bertz CT molecular complexity index is 589. The molecule has 100 valence electrons. The van der Waals surface area contributed by atoms with Crippen LogP contribution in [0.3, 0.4) is 0 Å². The smallest absolute Gasteiger partial charge is 0.339 e. The molecule has 0 aliphatic carbocycles. The van der Waals surface area contributed by atoms with E-state index in [0.717, 1.165) is 16.2 Å². The van der Waals surface area contributed by atoms with Crippen LogP contribution >= 0.6 is 11.8 Å². The number of carboxylic acids is 1. The lowest BCUT2D eigenvalue weighted by Crippen LogP contribution is -2.01. The van der Waals surface area contributed by atoms with Crippen LogP contribution in [0.5, 0.6) is 5.75 Å². The Morgan fingerprint density at radius 1 is 1.42 bits per heavy atom. The molecular weight excluding hydrogens is 264 g/mol. The van der Waals surface area contributed by atoms with E-state index in [0.29, 0.717) is 11.5 Å². The van der Waals surface area contributed by atoms with Crippen LogP contribution < -0.4 is 4.74 Å². The Balaban J connectivity index is 2.15. The maximum Gasteiger partial charge on any atom is 0.339 e. The Morgan fingerprint density at radius 2 is 2.21 bits per heavy atom. The van der Waals surface area contributed by atoms with Gasteiger partial charge in [0.2, 0.25) is 0 Å². The number of carboxylic acid groups (broad SMARTS) is 1. The van der Waals surface area contributed by atoms with Gasteiger partial charge in [0.25, 0.3) is 0 Å². The van der Waals surface area contributed by atoms with Crippen LogP contribution in [0.15, 0.2) is 39.8 Å². The normalized spacial score (nSPS) is 10.4. The molecule has 1 N–H and O–H groups in total. The average Bonchev–Trinajstić information content (AvgIpc) is 2.81. The highest BCUT2D eigenvalue weighted by Gasteiger charge is 2.12. The third-order valence-corrected chi connectivity index (χ3v) is 3.91. The second-order valence-electron chi connectivity index (χ2n) is 3.97. The number of ether oxygens (including phenoxy) is 1. The fraction of sp³-hybridized carbons (Fsp3) is 0.214. The summed E-state index contributed by atoms with van der Waals surface area (Å²) in [6.45, 7) is 1.90. The van der Waals surface area contributed by atoms with Crippen LogP contribution in [0.1, 0.15) is 21.7 Å². The van der Waals surface area contributed by atoms with Crippen LogP contribution in [0.4, 0.5) is 0 Å². The van der Waals surface area contributed by atoms with Gasteiger partial charge in [0.15, 0.2) is 0 Å². The fourth-order valence-corrected chi connectivity index (χ4v) is 2.60. The second-order valence-corrected chi connectivity index (χ2v) is 4.99. The molecular formula is C14H14O4S. The van der Waals surface area contributed by atoms with Crippen LogP contribution in [-0.4, -0.2) is 18.2 Å². The van der Waals surface area contributed by atoms with E-state index in [1.165, 1.54) is 7.11 Å². The van der Waals surface area contributed by atoms with Crippen molar-refractivity contribution in [3.8, 4) is 5.75 Å². The van der Waals surface area contributed by atoms with E-state index in [-0.39, 0.29) is 5.56 Å². The van der Waals surface area contributed by atoms with Gasteiger partial charge in [-0.15, -0.1) is 11.8 Å². The molecule has 1 aromatic carbocycles. The SMILES string of the molecule is COc1ccc(CSc2ccoc2C)cc1C(=O)O. The highest BCUT2D eigenvalue weighted by molar-refractivity contribution is 7.98. The summed E-state index contributed by atoms with van der Waals surface area (Å²) in [4.78, 5) is 12.2. The number of hydrogen-bond acceptors (Lipinski definition) is 4. The third kappa shape index (κ3) is 3.12. The molecule has 19 heavy (non-hydrogen) atoms. The average molecular weight is 278 g/mol. The van der Waals surface area contributed by atoms with Crippen molar-refractivity contribution in [2.24, 2.45) is 0 Å². The molecule has 0 fully saturated rings. The molecule has 0 spiro atoms. The predicted octanol–water partition coefficient (Wildman–Crippen LogP) is 3.59. The number of furan rings is 1. The lowest BCUT2D eigenvalue weighted by atomic mass is 10.1. The van der Waals surface area contributed by atoms with Crippen molar-refractivity contribution in [2.75, 3.05) is 7.11 Å². The van der Waals surface area contributed by atoms with Crippen molar-refractivity contribution in [3.05, 3.63) is 47.4 Å². The summed E-state index contributed by atoms with van der Waals surface area (Å²) in [7, 11) is 1.46. The van der Waals surface area contributed by atoms with Crippen molar-refractivity contribution < 1.29 is 19.1 Å². The predicted molar refractivity (Wildman–Crippen MR) is 73.0 cm³/mol. The monoisotopic (exact) mass is 278 g/mol. The van der Waals surface area contributed by atoms with Gasteiger partial charge in [-0.05, 0) is 30.7 Å². The lowest BCUT2D eigenvalue weighted by molar-refractivity contribution is 0.0693. The minimum Gasteiger partial charge on any atom is -0.496 e. The Morgan fingerprint density at radius 3 is 2.79 bits per heavy atom. The molecule has 0 amide bonds. The summed E-state index contributed by atoms with van der Waals surface area (Å²) in [6.07, 6.45) is 1.65. The summed E-state index contributed by atoms with van der Waals surface area (Å²) in [5, 5.41) is 9.12. The number of benzene rings is 1. The van der Waals surface area contributed by atoms with Crippen molar-refractivity contribution in [2.45, 2.75) is 17.6 Å². The zero-order valence-corrected chi connectivity index (χ0v) is 11.5. The summed E-state index contributed by atoms with van der Waals surface area (Å²) in [5.74, 6) is 0.950.